The summed E-state index contributed by atoms with van der Waals surface area (Å²) in [5.41, 5.74) is 1.82. The number of benzene rings is 1. The molecule has 1 amide bonds. The first-order valence-electron chi connectivity index (χ1n) is 9.77. The molecule has 2 heterocycles. The highest BCUT2D eigenvalue weighted by Crippen LogP contribution is 2.39. The smallest absolute Gasteiger partial charge is 0.414 e. The molecule has 1 aromatic heterocycles. The maximum Gasteiger partial charge on any atom is 0.414 e. The van der Waals surface area contributed by atoms with Crippen molar-refractivity contribution < 1.29 is 23.4 Å². The van der Waals surface area contributed by atoms with Crippen molar-refractivity contribution >= 4 is 11.8 Å². The Morgan fingerprint density at radius 3 is 2.76 bits per heavy atom. The third kappa shape index (κ3) is 4.85. The first-order chi connectivity index (χ1) is 14.0. The number of methoxy groups -OCH3 is 1. The predicted molar refractivity (Wildman–Crippen MR) is 109 cm³/mol. The minimum Gasteiger partial charge on any atom is -0.496 e. The molecule has 0 spiro atoms. The maximum atomic E-state index is 13.7. The van der Waals surface area contributed by atoms with E-state index in [1.54, 1.807) is 29.4 Å². The molecule has 2 aromatic rings. The largest absolute Gasteiger partial charge is 0.496 e. The molecule has 29 heavy (non-hydrogen) atoms. The van der Waals surface area contributed by atoms with Crippen LogP contribution in [0.3, 0.4) is 0 Å². The molecule has 0 radical (unpaired) electrons. The molecule has 0 saturated carbocycles. The average Bonchev–Trinajstić information content (AvgIpc) is 2.70. The van der Waals surface area contributed by atoms with Crippen molar-refractivity contribution in [3.05, 3.63) is 42.5 Å². The number of pyridine rings is 1. The predicted octanol–water partition coefficient (Wildman–Crippen LogP) is 4.68. The van der Waals surface area contributed by atoms with Gasteiger partial charge in [-0.15, -0.1) is 0 Å². The quantitative estimate of drug-likeness (QED) is 0.600. The molecule has 7 heteroatoms. The lowest BCUT2D eigenvalue weighted by atomic mass is 9.87. The molecule has 3 rings (SSSR count). The number of ether oxygens (including phenoxy) is 3. The van der Waals surface area contributed by atoms with E-state index in [1.165, 1.54) is 19.2 Å². The first-order valence-corrected chi connectivity index (χ1v) is 9.77. The van der Waals surface area contributed by atoms with Gasteiger partial charge in [0.2, 0.25) is 0 Å². The SMILES string of the molecule is CCCCOC(=O)N(CC1(C)COC1)c1cnccc1-c1ccc(F)cc1OC. The van der Waals surface area contributed by atoms with Crippen LogP contribution in [0.25, 0.3) is 11.1 Å². The topological polar surface area (TPSA) is 60.9 Å². The van der Waals surface area contributed by atoms with Crippen LogP contribution in [0.2, 0.25) is 0 Å². The van der Waals surface area contributed by atoms with Gasteiger partial charge in [0.1, 0.15) is 11.6 Å². The van der Waals surface area contributed by atoms with Crippen molar-refractivity contribution in [3.63, 3.8) is 0 Å². The fraction of sp³-hybridized carbons (Fsp3) is 0.455. The molecule has 0 atom stereocenters. The summed E-state index contributed by atoms with van der Waals surface area (Å²) in [6.45, 7) is 6.03. The molecule has 6 nitrogen and oxygen atoms in total. The number of anilines is 1. The normalized spacial score (nSPS) is 14.8. The van der Waals surface area contributed by atoms with Gasteiger partial charge in [0.05, 0.1) is 38.8 Å². The molecule has 1 aliphatic heterocycles. The summed E-state index contributed by atoms with van der Waals surface area (Å²) >= 11 is 0. The summed E-state index contributed by atoms with van der Waals surface area (Å²) in [5, 5.41) is 0. The molecule has 1 fully saturated rings. The van der Waals surface area contributed by atoms with E-state index in [9.17, 15) is 9.18 Å². The molecule has 1 aromatic carbocycles. The van der Waals surface area contributed by atoms with Gasteiger partial charge in [-0.1, -0.05) is 20.3 Å². The van der Waals surface area contributed by atoms with Crippen molar-refractivity contribution in [1.82, 2.24) is 4.98 Å². The molecular weight excluding hydrogens is 375 g/mol. The highest BCUT2D eigenvalue weighted by molar-refractivity contribution is 5.94. The fourth-order valence-electron chi connectivity index (χ4n) is 3.27. The van der Waals surface area contributed by atoms with E-state index in [2.05, 4.69) is 11.9 Å². The van der Waals surface area contributed by atoms with Crippen LogP contribution < -0.4 is 9.64 Å². The molecule has 0 bridgehead atoms. The number of rotatable bonds is 8. The zero-order valence-electron chi connectivity index (χ0n) is 17.1. The Morgan fingerprint density at radius 1 is 1.31 bits per heavy atom. The van der Waals surface area contributed by atoms with Gasteiger partial charge in [0.15, 0.2) is 0 Å². The Bertz CT molecular complexity index is 854. The maximum absolute atomic E-state index is 13.7. The molecule has 156 valence electrons. The van der Waals surface area contributed by atoms with Crippen molar-refractivity contribution in [2.24, 2.45) is 5.41 Å². The molecule has 0 aliphatic carbocycles. The lowest BCUT2D eigenvalue weighted by Gasteiger charge is -2.41. The minimum absolute atomic E-state index is 0.163. The van der Waals surface area contributed by atoms with Gasteiger partial charge in [-0.25, -0.2) is 9.18 Å². The van der Waals surface area contributed by atoms with Crippen LogP contribution in [0.4, 0.5) is 14.9 Å². The molecule has 0 N–H and O–H groups in total. The monoisotopic (exact) mass is 402 g/mol. The van der Waals surface area contributed by atoms with Gasteiger partial charge in [0.25, 0.3) is 0 Å². The van der Waals surface area contributed by atoms with Gasteiger partial charge in [-0.3, -0.25) is 9.88 Å². The van der Waals surface area contributed by atoms with Crippen LogP contribution in [0.5, 0.6) is 5.75 Å². The minimum atomic E-state index is -0.429. The van der Waals surface area contributed by atoms with Gasteiger partial charge in [0, 0.05) is 35.3 Å². The Hall–Kier alpha value is -2.67. The molecular formula is C22H27FN2O4. The van der Waals surface area contributed by atoms with Crippen LogP contribution in [0, 0.1) is 11.2 Å². The number of amides is 1. The summed E-state index contributed by atoms with van der Waals surface area (Å²) in [5.74, 6) is -0.00824. The summed E-state index contributed by atoms with van der Waals surface area (Å²) in [4.78, 5) is 18.8. The second kappa shape index (κ2) is 9.22. The Labute approximate surface area is 170 Å². The Balaban J connectivity index is 2.00. The molecule has 0 unspecified atom stereocenters. The zero-order valence-corrected chi connectivity index (χ0v) is 17.1. The van der Waals surface area contributed by atoms with E-state index in [-0.39, 0.29) is 5.41 Å². The lowest BCUT2D eigenvalue weighted by Crippen LogP contribution is -2.50. The van der Waals surface area contributed by atoms with Crippen molar-refractivity contribution in [2.45, 2.75) is 26.7 Å². The Kier molecular flexibility index (Phi) is 6.69. The van der Waals surface area contributed by atoms with Crippen LogP contribution in [-0.4, -0.2) is 44.6 Å². The standard InChI is InChI=1S/C22H27FN2O4/c1-4-5-10-29-21(26)25(13-22(2)14-28-15-22)19-12-24-9-8-17(19)18-7-6-16(23)11-20(18)27-3/h6-9,11-12H,4-5,10,13-15H2,1-3H3. The van der Waals surface area contributed by atoms with E-state index >= 15 is 0 Å². The van der Waals surface area contributed by atoms with E-state index in [0.717, 1.165) is 12.8 Å². The first kappa shape index (κ1) is 21.0. The van der Waals surface area contributed by atoms with Crippen molar-refractivity contribution in [2.75, 3.05) is 38.4 Å². The number of hydrogen-bond acceptors (Lipinski definition) is 5. The van der Waals surface area contributed by atoms with Crippen LogP contribution in [0.15, 0.2) is 36.7 Å². The lowest BCUT2D eigenvalue weighted by molar-refractivity contribution is -0.0952. The number of carbonyl (C=O) groups excluding carboxylic acids is 1. The van der Waals surface area contributed by atoms with E-state index in [1.807, 2.05) is 6.92 Å². The summed E-state index contributed by atoms with van der Waals surface area (Å²) in [7, 11) is 1.49. The highest BCUT2D eigenvalue weighted by atomic mass is 19.1. The van der Waals surface area contributed by atoms with Crippen molar-refractivity contribution in [3.8, 4) is 16.9 Å². The van der Waals surface area contributed by atoms with Gasteiger partial charge < -0.3 is 14.2 Å². The third-order valence-electron chi connectivity index (χ3n) is 4.93. The van der Waals surface area contributed by atoms with Gasteiger partial charge >= 0.3 is 6.09 Å². The van der Waals surface area contributed by atoms with Gasteiger partial charge in [-0.05, 0) is 24.6 Å². The van der Waals surface area contributed by atoms with Gasteiger partial charge in [-0.2, -0.15) is 0 Å². The van der Waals surface area contributed by atoms with Crippen LogP contribution in [-0.2, 0) is 9.47 Å². The fourth-order valence-corrected chi connectivity index (χ4v) is 3.27. The number of nitrogens with zero attached hydrogens (tertiary/aromatic N) is 2. The van der Waals surface area contributed by atoms with E-state index in [0.29, 0.717) is 48.9 Å². The second-order valence-electron chi connectivity index (χ2n) is 7.59. The number of carbonyl (C=O) groups is 1. The number of hydrogen-bond donors (Lipinski definition) is 0. The summed E-state index contributed by atoms with van der Waals surface area (Å²) in [6.07, 6.45) is 4.57. The number of halogens is 1. The number of unbranched alkanes of at least 4 members (excludes halogenated alkanes) is 1. The zero-order chi connectivity index (χ0) is 20.9. The highest BCUT2D eigenvalue weighted by Gasteiger charge is 2.38. The van der Waals surface area contributed by atoms with Crippen LogP contribution >= 0.6 is 0 Å². The average molecular weight is 402 g/mol. The van der Waals surface area contributed by atoms with E-state index < -0.39 is 11.9 Å². The molecule has 1 aliphatic rings. The summed E-state index contributed by atoms with van der Waals surface area (Å²) < 4.78 is 29.9. The molecule has 1 saturated heterocycles. The number of aromatic nitrogens is 1. The third-order valence-corrected chi connectivity index (χ3v) is 4.93. The Morgan fingerprint density at radius 2 is 2.10 bits per heavy atom. The van der Waals surface area contributed by atoms with Crippen LogP contribution in [0.1, 0.15) is 26.7 Å². The van der Waals surface area contributed by atoms with E-state index in [4.69, 9.17) is 14.2 Å². The van der Waals surface area contributed by atoms with Crippen molar-refractivity contribution in [1.29, 1.82) is 0 Å². The summed E-state index contributed by atoms with van der Waals surface area (Å²) in [6, 6.07) is 6.12. The second-order valence-corrected chi connectivity index (χ2v) is 7.59.